The highest BCUT2D eigenvalue weighted by molar-refractivity contribution is 14.1. The van der Waals surface area contributed by atoms with Gasteiger partial charge in [-0.2, -0.15) is 13.1 Å². The maximum atomic E-state index is 11.5. The topological polar surface area (TPSA) is 98.8 Å². The van der Waals surface area contributed by atoms with Crippen LogP contribution in [0.5, 0.6) is 5.75 Å². The maximum Gasteiger partial charge on any atom is 0.382 e. The third kappa shape index (κ3) is 3.86. The lowest BCUT2D eigenvalue weighted by molar-refractivity contribution is 0.471. The van der Waals surface area contributed by atoms with E-state index in [1.165, 1.54) is 24.3 Å². The van der Waals surface area contributed by atoms with Gasteiger partial charge in [0.1, 0.15) is 5.75 Å². The molecule has 1 aliphatic carbocycles. The normalized spacial score (nSPS) is 15.4. The Balaban J connectivity index is 2.03. The summed E-state index contributed by atoms with van der Waals surface area (Å²) in [5.41, 5.74) is 0.206. The fraction of sp³-hybridized carbons (Fsp3) is 0.333. The molecule has 0 heterocycles. The number of nitrogens with one attached hydrogen (secondary N) is 1. The van der Waals surface area contributed by atoms with Crippen molar-refractivity contribution in [1.82, 2.24) is 4.72 Å². The lowest BCUT2D eigenvalue weighted by atomic mass is 10.3. The highest BCUT2D eigenvalue weighted by atomic mass is 127. The number of hydrogen-bond donors (Lipinski definition) is 1. The van der Waals surface area contributed by atoms with E-state index in [1.807, 2.05) is 0 Å². The number of benzene rings is 1. The third-order valence-electron chi connectivity index (χ3n) is 2.20. The average Bonchev–Trinajstić information content (AvgIpc) is 3.11. The Hall–Kier alpha value is -0.780. The second kappa shape index (κ2) is 5.47. The second-order valence-electron chi connectivity index (χ2n) is 3.74. The van der Waals surface area contributed by atoms with Gasteiger partial charge in [0.05, 0.1) is 0 Å². The average molecular weight is 385 g/mol. The Morgan fingerprint density at radius 1 is 1.33 bits per heavy atom. The quantitative estimate of drug-likeness (QED) is 0.454. The van der Waals surface area contributed by atoms with Gasteiger partial charge in [0.2, 0.25) is 0 Å². The van der Waals surface area contributed by atoms with Crippen LogP contribution in [0.2, 0.25) is 0 Å². The van der Waals surface area contributed by atoms with Crippen LogP contribution in [0.25, 0.3) is 0 Å². The minimum Gasteiger partial charge on any atom is -0.748 e. The molecule has 0 saturated heterocycles. The highest BCUT2D eigenvalue weighted by Crippen LogP contribution is 2.24. The van der Waals surface area contributed by atoms with Gasteiger partial charge in [0.15, 0.2) is 0 Å². The molecule has 0 radical (unpaired) electrons. The van der Waals surface area contributed by atoms with Crippen LogP contribution in [0.3, 0.4) is 0 Å². The van der Waals surface area contributed by atoms with E-state index in [-0.39, 0.29) is 17.5 Å². The van der Waals surface area contributed by atoms with Crippen molar-refractivity contribution in [3.05, 3.63) is 29.5 Å². The van der Waals surface area contributed by atoms with E-state index in [2.05, 4.69) is 4.72 Å². The minimum absolute atomic E-state index is 0.0309. The molecule has 0 unspecified atom stereocenters. The van der Waals surface area contributed by atoms with E-state index in [4.69, 9.17) is 4.18 Å². The first-order valence-electron chi connectivity index (χ1n) is 5.06. The van der Waals surface area contributed by atoms with Crippen LogP contribution in [0, 0.1) is 5.21 Å². The van der Waals surface area contributed by atoms with Crippen LogP contribution in [-0.2, 0) is 13.4 Å². The van der Waals surface area contributed by atoms with Crippen molar-refractivity contribution in [2.45, 2.75) is 18.9 Å². The second-order valence-corrected chi connectivity index (χ2v) is 6.32. The SMILES string of the molecule is O=IN([O-])c1ccc(OS(=O)(=O)NC2CC2)cc1. The van der Waals surface area contributed by atoms with Gasteiger partial charge in [-0.15, -0.1) is 0 Å². The molecule has 0 amide bonds. The molecule has 0 bridgehead atoms. The molecule has 9 heteroatoms. The molecule has 7 nitrogen and oxygen atoms in total. The molecule has 2 rings (SSSR count). The molecule has 18 heavy (non-hydrogen) atoms. The molecular formula is C9H10IN2O5S-. The molecule has 1 aliphatic rings. The first-order valence-corrected chi connectivity index (χ1v) is 8.32. The number of halogens is 1. The Kier molecular flexibility index (Phi) is 4.14. The number of nitrogens with zero attached hydrogens (tertiary/aromatic N) is 1. The molecular weight excluding hydrogens is 375 g/mol. The summed E-state index contributed by atoms with van der Waals surface area (Å²) in [5.74, 6) is 0.101. The van der Waals surface area contributed by atoms with Crippen molar-refractivity contribution in [3.63, 3.8) is 0 Å². The summed E-state index contributed by atoms with van der Waals surface area (Å²) in [7, 11) is -3.81. The summed E-state index contributed by atoms with van der Waals surface area (Å²) < 4.78 is 40.9. The molecule has 1 N–H and O–H groups in total. The van der Waals surface area contributed by atoms with E-state index < -0.39 is 31.8 Å². The predicted octanol–water partition coefficient (Wildman–Crippen LogP) is 1.60. The van der Waals surface area contributed by atoms with Gasteiger partial charge in [0.25, 0.3) is 21.5 Å². The minimum atomic E-state index is -3.81. The van der Waals surface area contributed by atoms with Gasteiger partial charge in [-0.25, -0.2) is 3.07 Å². The van der Waals surface area contributed by atoms with Crippen molar-refractivity contribution in [2.24, 2.45) is 0 Å². The van der Waals surface area contributed by atoms with E-state index in [1.54, 1.807) is 0 Å². The summed E-state index contributed by atoms with van der Waals surface area (Å²) >= 11 is -1.82. The summed E-state index contributed by atoms with van der Waals surface area (Å²) in [5, 5.41) is 11.0. The molecule has 1 fully saturated rings. The van der Waals surface area contributed by atoms with Crippen molar-refractivity contribution < 1.29 is 15.7 Å². The summed E-state index contributed by atoms with van der Waals surface area (Å²) in [4.78, 5) is 0. The van der Waals surface area contributed by atoms with Crippen LogP contribution >= 0.6 is 21.5 Å². The number of hydrogen-bond acceptors (Lipinski definition) is 5. The zero-order chi connectivity index (χ0) is 13.2. The number of anilines is 1. The van der Waals surface area contributed by atoms with Gasteiger partial charge in [-0.05, 0) is 37.1 Å². The molecule has 0 atom stereocenters. The lowest BCUT2D eigenvalue weighted by Gasteiger charge is -2.20. The van der Waals surface area contributed by atoms with Crippen molar-refractivity contribution in [2.75, 3.05) is 3.28 Å². The summed E-state index contributed by atoms with van der Waals surface area (Å²) in [6.07, 6.45) is 1.64. The van der Waals surface area contributed by atoms with E-state index in [0.29, 0.717) is 3.28 Å². The fourth-order valence-electron chi connectivity index (χ4n) is 1.21. The molecule has 0 aromatic heterocycles. The smallest absolute Gasteiger partial charge is 0.382 e. The van der Waals surface area contributed by atoms with Crippen LogP contribution in [-0.4, -0.2) is 14.5 Å². The van der Waals surface area contributed by atoms with Crippen molar-refractivity contribution >= 4 is 37.5 Å². The Bertz CT molecular complexity index is 528. The third-order valence-corrected chi connectivity index (χ3v) is 4.15. The van der Waals surface area contributed by atoms with Crippen molar-refractivity contribution in [1.29, 1.82) is 0 Å². The zero-order valence-electron chi connectivity index (χ0n) is 9.08. The summed E-state index contributed by atoms with van der Waals surface area (Å²) in [6, 6.07) is 5.35. The Morgan fingerprint density at radius 2 is 1.94 bits per heavy atom. The number of rotatable bonds is 6. The monoisotopic (exact) mass is 385 g/mol. The van der Waals surface area contributed by atoms with Gasteiger partial charge in [-0.3, -0.25) is 0 Å². The molecule has 0 spiro atoms. The molecule has 100 valence electrons. The van der Waals surface area contributed by atoms with Crippen LogP contribution in [0.15, 0.2) is 24.3 Å². The van der Waals surface area contributed by atoms with Crippen LogP contribution in [0.1, 0.15) is 12.8 Å². The van der Waals surface area contributed by atoms with Gasteiger partial charge >= 0.3 is 10.3 Å². The molecule has 0 aliphatic heterocycles. The van der Waals surface area contributed by atoms with Gasteiger partial charge < -0.3 is 12.7 Å². The molecule has 1 aromatic carbocycles. The van der Waals surface area contributed by atoms with Crippen molar-refractivity contribution in [3.8, 4) is 5.75 Å². The Morgan fingerprint density at radius 3 is 2.44 bits per heavy atom. The highest BCUT2D eigenvalue weighted by Gasteiger charge is 2.28. The zero-order valence-corrected chi connectivity index (χ0v) is 12.0. The van der Waals surface area contributed by atoms with Crippen LogP contribution < -0.4 is 12.2 Å². The van der Waals surface area contributed by atoms with Gasteiger partial charge in [0, 0.05) is 11.7 Å². The molecule has 1 aromatic rings. The summed E-state index contributed by atoms with van der Waals surface area (Å²) in [6.45, 7) is 0. The largest absolute Gasteiger partial charge is 0.748 e. The predicted molar refractivity (Wildman–Crippen MR) is 72.7 cm³/mol. The fourth-order valence-corrected chi connectivity index (χ4v) is 2.82. The van der Waals surface area contributed by atoms with Crippen LogP contribution in [0.4, 0.5) is 5.69 Å². The molecule has 1 saturated carbocycles. The maximum absolute atomic E-state index is 11.5. The van der Waals surface area contributed by atoms with Gasteiger partial charge in [-0.1, -0.05) is 0 Å². The lowest BCUT2D eigenvalue weighted by Crippen LogP contribution is -2.30. The Labute approximate surface area is 115 Å². The first-order chi connectivity index (χ1) is 8.50. The standard InChI is InChI=1S/C9H10IN2O5S/c13-10-12(14)8-3-5-9(6-4-8)17-18(15,16)11-7-1-2-7/h3-7,11H,1-2H2/q-1. The first kappa shape index (κ1) is 13.6. The van der Waals surface area contributed by atoms with E-state index in [0.717, 1.165) is 12.8 Å². The van der Waals surface area contributed by atoms with E-state index in [9.17, 15) is 16.7 Å². The van der Waals surface area contributed by atoms with E-state index >= 15 is 0 Å².